The van der Waals surface area contributed by atoms with Crippen molar-refractivity contribution in [1.82, 2.24) is 0 Å². The first-order valence-corrected chi connectivity index (χ1v) is 14.5. The second-order valence-electron chi connectivity index (χ2n) is 10.4. The fourth-order valence-electron chi connectivity index (χ4n) is 4.85. The highest BCUT2D eigenvalue weighted by Crippen LogP contribution is 2.26. The maximum atomic E-state index is 14.5. The fraction of sp³-hybridized carbons (Fsp3) is 0.594. The Bertz CT molecular complexity index is 906. The summed E-state index contributed by atoms with van der Waals surface area (Å²) >= 11 is 0. The van der Waals surface area contributed by atoms with E-state index in [-0.39, 0.29) is 11.3 Å². The van der Waals surface area contributed by atoms with Crippen LogP contribution in [0.15, 0.2) is 42.5 Å². The molecule has 5 heteroatoms. The van der Waals surface area contributed by atoms with Crippen molar-refractivity contribution in [2.45, 2.75) is 103 Å². The van der Waals surface area contributed by atoms with Crippen LogP contribution in [0.5, 0.6) is 17.2 Å². The van der Waals surface area contributed by atoms with Gasteiger partial charge in [-0.15, -0.1) is 0 Å². The van der Waals surface area contributed by atoms with E-state index >= 15 is 0 Å². The van der Waals surface area contributed by atoms with Gasteiger partial charge in [0.2, 0.25) is 0 Å². The minimum atomic E-state index is -0.601. The molecule has 0 radical (unpaired) electrons. The number of halogens is 1. The van der Waals surface area contributed by atoms with Crippen LogP contribution in [0.1, 0.15) is 114 Å². The monoisotopic (exact) mass is 512 g/mol. The normalized spacial score (nSPS) is 13.9. The molecular formula is C32H45FO4. The number of rotatable bonds is 17. The average Bonchev–Trinajstić information content (AvgIpc) is 2.92. The molecule has 2 aromatic rings. The lowest BCUT2D eigenvalue weighted by Gasteiger charge is -2.21. The molecule has 1 saturated carbocycles. The number of hydrogen-bond acceptors (Lipinski definition) is 4. The van der Waals surface area contributed by atoms with Crippen LogP contribution in [-0.2, 0) is 0 Å². The summed E-state index contributed by atoms with van der Waals surface area (Å²) in [6.45, 7) is 3.45. The van der Waals surface area contributed by atoms with Crippen molar-refractivity contribution < 1.29 is 23.4 Å². The Kier molecular flexibility index (Phi) is 13.4. The zero-order chi connectivity index (χ0) is 26.1. The van der Waals surface area contributed by atoms with Crippen molar-refractivity contribution >= 4 is 5.97 Å². The molecule has 1 aliphatic carbocycles. The molecule has 1 aliphatic rings. The van der Waals surface area contributed by atoms with Gasteiger partial charge in [0.05, 0.1) is 18.8 Å². The molecule has 2 aromatic carbocycles. The van der Waals surface area contributed by atoms with Gasteiger partial charge in [0.25, 0.3) is 0 Å². The van der Waals surface area contributed by atoms with Gasteiger partial charge in [0, 0.05) is 0 Å². The first-order chi connectivity index (χ1) is 18.2. The molecule has 0 spiro atoms. The Morgan fingerprint density at radius 2 is 1.41 bits per heavy atom. The van der Waals surface area contributed by atoms with Crippen LogP contribution in [0.3, 0.4) is 0 Å². The van der Waals surface area contributed by atoms with Gasteiger partial charge in [-0.2, -0.15) is 0 Å². The van der Waals surface area contributed by atoms with Crippen molar-refractivity contribution in [1.29, 1.82) is 0 Å². The molecule has 204 valence electrons. The van der Waals surface area contributed by atoms with E-state index in [0.717, 1.165) is 25.2 Å². The van der Waals surface area contributed by atoms with Crippen LogP contribution in [0.2, 0.25) is 0 Å². The quantitative estimate of drug-likeness (QED) is 0.120. The molecule has 0 bridgehead atoms. The highest BCUT2D eigenvalue weighted by atomic mass is 19.1. The van der Waals surface area contributed by atoms with E-state index in [2.05, 4.69) is 6.92 Å². The van der Waals surface area contributed by atoms with Crippen LogP contribution in [-0.4, -0.2) is 19.2 Å². The third kappa shape index (κ3) is 11.2. The minimum absolute atomic E-state index is 0.154. The van der Waals surface area contributed by atoms with Crippen molar-refractivity contribution in [2.75, 3.05) is 13.2 Å². The number of ether oxygens (including phenoxy) is 3. The molecule has 0 heterocycles. The Labute approximate surface area is 222 Å². The molecule has 0 N–H and O–H groups in total. The SMILES string of the molecule is CCCCCCCCCCCCOc1ccc(C(=O)Oc2ccc(OCC3CCCCC3)cc2)cc1F. The molecule has 0 amide bonds. The first kappa shape index (κ1) is 29.0. The van der Waals surface area contributed by atoms with Crippen molar-refractivity contribution in [3.8, 4) is 17.2 Å². The maximum Gasteiger partial charge on any atom is 0.343 e. The summed E-state index contributed by atoms with van der Waals surface area (Å²) in [5, 5.41) is 0. The zero-order valence-corrected chi connectivity index (χ0v) is 22.7. The third-order valence-corrected chi connectivity index (χ3v) is 7.17. The summed E-state index contributed by atoms with van der Waals surface area (Å²) in [6.07, 6.45) is 18.8. The number of unbranched alkanes of at least 4 members (excludes halogenated alkanes) is 9. The summed E-state index contributed by atoms with van der Waals surface area (Å²) in [6, 6.07) is 11.2. The van der Waals surface area contributed by atoms with E-state index in [1.807, 2.05) is 0 Å². The van der Waals surface area contributed by atoms with Gasteiger partial charge in [-0.25, -0.2) is 9.18 Å². The van der Waals surface area contributed by atoms with Gasteiger partial charge in [-0.3, -0.25) is 0 Å². The summed E-state index contributed by atoms with van der Waals surface area (Å²) in [7, 11) is 0. The third-order valence-electron chi connectivity index (χ3n) is 7.17. The van der Waals surface area contributed by atoms with Crippen LogP contribution >= 0.6 is 0 Å². The molecule has 0 atom stereocenters. The first-order valence-electron chi connectivity index (χ1n) is 14.5. The number of esters is 1. The van der Waals surface area contributed by atoms with Gasteiger partial charge < -0.3 is 14.2 Å². The number of benzene rings is 2. The van der Waals surface area contributed by atoms with Gasteiger partial charge in [0.15, 0.2) is 11.6 Å². The predicted molar refractivity (Wildman–Crippen MR) is 147 cm³/mol. The summed E-state index contributed by atoms with van der Waals surface area (Å²) < 4.78 is 31.4. The molecule has 0 aliphatic heterocycles. The van der Waals surface area contributed by atoms with E-state index in [1.54, 1.807) is 30.3 Å². The molecule has 0 unspecified atom stereocenters. The fourth-order valence-corrected chi connectivity index (χ4v) is 4.85. The largest absolute Gasteiger partial charge is 0.493 e. The van der Waals surface area contributed by atoms with Crippen molar-refractivity contribution in [3.05, 3.63) is 53.8 Å². The lowest BCUT2D eigenvalue weighted by Crippen LogP contribution is -2.15. The average molecular weight is 513 g/mol. The van der Waals surface area contributed by atoms with Gasteiger partial charge in [-0.05, 0) is 67.6 Å². The zero-order valence-electron chi connectivity index (χ0n) is 22.7. The van der Waals surface area contributed by atoms with Crippen molar-refractivity contribution in [3.63, 3.8) is 0 Å². The molecule has 3 rings (SSSR count). The van der Waals surface area contributed by atoms with E-state index in [9.17, 15) is 9.18 Å². The molecule has 4 nitrogen and oxygen atoms in total. The van der Waals surface area contributed by atoms with E-state index in [0.29, 0.717) is 18.3 Å². The Hall–Kier alpha value is -2.56. The highest BCUT2D eigenvalue weighted by molar-refractivity contribution is 5.91. The lowest BCUT2D eigenvalue weighted by molar-refractivity contribution is 0.0734. The number of carbonyl (C=O) groups excluding carboxylic acids is 1. The van der Waals surface area contributed by atoms with Crippen LogP contribution in [0, 0.1) is 11.7 Å². The smallest absolute Gasteiger partial charge is 0.343 e. The van der Waals surface area contributed by atoms with Crippen LogP contribution < -0.4 is 14.2 Å². The predicted octanol–water partition coefficient (Wildman–Crippen LogP) is 9.30. The summed E-state index contributed by atoms with van der Waals surface area (Å²) in [4.78, 5) is 12.5. The molecule has 1 fully saturated rings. The number of hydrogen-bond donors (Lipinski definition) is 0. The Morgan fingerprint density at radius 1 is 0.784 bits per heavy atom. The van der Waals surface area contributed by atoms with E-state index in [4.69, 9.17) is 14.2 Å². The summed E-state index contributed by atoms with van der Waals surface area (Å²) in [5.41, 5.74) is 0.154. The van der Waals surface area contributed by atoms with E-state index < -0.39 is 11.8 Å². The Balaban J connectivity index is 1.32. The van der Waals surface area contributed by atoms with E-state index in [1.165, 1.54) is 95.6 Å². The van der Waals surface area contributed by atoms with Gasteiger partial charge >= 0.3 is 5.97 Å². The maximum absolute atomic E-state index is 14.5. The van der Waals surface area contributed by atoms with Crippen LogP contribution in [0.4, 0.5) is 4.39 Å². The number of carbonyl (C=O) groups is 1. The Morgan fingerprint density at radius 3 is 2.05 bits per heavy atom. The lowest BCUT2D eigenvalue weighted by atomic mass is 9.90. The molecular weight excluding hydrogens is 467 g/mol. The van der Waals surface area contributed by atoms with Gasteiger partial charge in [0.1, 0.15) is 11.5 Å². The second-order valence-corrected chi connectivity index (χ2v) is 10.4. The standard InChI is InChI=1S/C32H45FO4/c1-2-3-4-5-6-7-8-9-10-14-23-35-31-22-17-27(24-30(31)33)32(34)37-29-20-18-28(19-21-29)36-25-26-15-12-11-13-16-26/h17-22,24,26H,2-16,23,25H2,1H3. The molecule has 37 heavy (non-hydrogen) atoms. The second kappa shape index (κ2) is 17.0. The highest BCUT2D eigenvalue weighted by Gasteiger charge is 2.15. The van der Waals surface area contributed by atoms with Crippen LogP contribution in [0.25, 0.3) is 0 Å². The topological polar surface area (TPSA) is 44.8 Å². The minimum Gasteiger partial charge on any atom is -0.493 e. The molecule has 0 aromatic heterocycles. The van der Waals surface area contributed by atoms with Crippen molar-refractivity contribution in [2.24, 2.45) is 5.92 Å². The van der Waals surface area contributed by atoms with Gasteiger partial charge in [-0.1, -0.05) is 84.0 Å². The summed E-state index contributed by atoms with van der Waals surface area (Å²) in [5.74, 6) is 0.816. The molecule has 0 saturated heterocycles.